The molecule has 4 rings (SSSR count). The Labute approximate surface area is 201 Å². The van der Waals surface area contributed by atoms with Gasteiger partial charge < -0.3 is 15.0 Å². The van der Waals surface area contributed by atoms with Crippen molar-refractivity contribution in [1.82, 2.24) is 9.80 Å². The third-order valence-electron chi connectivity index (χ3n) is 6.29. The van der Waals surface area contributed by atoms with Crippen molar-refractivity contribution in [3.05, 3.63) is 95.1 Å². The van der Waals surface area contributed by atoms with Gasteiger partial charge >= 0.3 is 0 Å². The van der Waals surface area contributed by atoms with E-state index in [0.29, 0.717) is 44.9 Å². The molecule has 6 nitrogen and oxygen atoms in total. The SMILES string of the molecule is Cc1cccc(NC(=O)CN2CCN(C(=O)c3ccccc3COc3ccccc3)CC2)c1C. The van der Waals surface area contributed by atoms with Crippen molar-refractivity contribution in [2.45, 2.75) is 20.5 Å². The number of hydrogen-bond acceptors (Lipinski definition) is 4. The molecule has 34 heavy (non-hydrogen) atoms. The van der Waals surface area contributed by atoms with Gasteiger partial charge in [-0.1, -0.05) is 48.5 Å². The number of benzene rings is 3. The summed E-state index contributed by atoms with van der Waals surface area (Å²) in [5.74, 6) is 0.751. The van der Waals surface area contributed by atoms with E-state index in [9.17, 15) is 9.59 Å². The van der Waals surface area contributed by atoms with Crippen molar-refractivity contribution in [3.8, 4) is 5.75 Å². The summed E-state index contributed by atoms with van der Waals surface area (Å²) in [6.45, 7) is 7.20. The number of carbonyl (C=O) groups excluding carboxylic acids is 2. The summed E-state index contributed by atoms with van der Waals surface area (Å²) in [5, 5.41) is 3.02. The third kappa shape index (κ3) is 5.83. The van der Waals surface area contributed by atoms with E-state index in [1.165, 1.54) is 0 Å². The van der Waals surface area contributed by atoms with E-state index in [-0.39, 0.29) is 11.8 Å². The van der Waals surface area contributed by atoms with Crippen LogP contribution in [0.2, 0.25) is 0 Å². The molecule has 1 aliphatic rings. The molecule has 0 atom stereocenters. The number of aryl methyl sites for hydroxylation is 1. The normalized spacial score (nSPS) is 14.0. The fraction of sp³-hybridized carbons (Fsp3) is 0.286. The molecule has 3 aromatic rings. The zero-order valence-corrected chi connectivity index (χ0v) is 19.8. The number of ether oxygens (including phenoxy) is 1. The molecule has 6 heteroatoms. The van der Waals surface area contributed by atoms with Gasteiger partial charge in [0.1, 0.15) is 12.4 Å². The Balaban J connectivity index is 1.30. The Kier molecular flexibility index (Phi) is 7.60. The molecule has 0 radical (unpaired) electrons. The highest BCUT2D eigenvalue weighted by Crippen LogP contribution is 2.19. The molecule has 2 amide bonds. The largest absolute Gasteiger partial charge is 0.489 e. The second-order valence-corrected chi connectivity index (χ2v) is 8.62. The second-order valence-electron chi connectivity index (χ2n) is 8.62. The lowest BCUT2D eigenvalue weighted by Gasteiger charge is -2.34. The molecular weight excluding hydrogens is 426 g/mol. The van der Waals surface area contributed by atoms with Crippen LogP contribution in [0.25, 0.3) is 0 Å². The highest BCUT2D eigenvalue weighted by molar-refractivity contribution is 5.96. The molecular formula is C28H31N3O3. The Bertz CT molecular complexity index is 1140. The molecule has 1 saturated heterocycles. The van der Waals surface area contributed by atoms with Crippen molar-refractivity contribution in [2.24, 2.45) is 0 Å². The van der Waals surface area contributed by atoms with Crippen LogP contribution >= 0.6 is 0 Å². The molecule has 0 bridgehead atoms. The molecule has 0 spiro atoms. The van der Waals surface area contributed by atoms with Crippen LogP contribution in [0.1, 0.15) is 27.0 Å². The van der Waals surface area contributed by atoms with E-state index >= 15 is 0 Å². The average molecular weight is 458 g/mol. The number of hydrogen-bond donors (Lipinski definition) is 1. The topological polar surface area (TPSA) is 61.9 Å². The standard InChI is InChI=1S/C28H31N3O3/c1-21-9-8-14-26(22(21)2)29-27(32)19-30-15-17-31(18-16-30)28(33)25-13-7-6-10-23(25)20-34-24-11-4-3-5-12-24/h3-14H,15-20H2,1-2H3,(H,29,32). The molecule has 3 aromatic carbocycles. The lowest BCUT2D eigenvalue weighted by atomic mass is 10.1. The van der Waals surface area contributed by atoms with E-state index < -0.39 is 0 Å². The first kappa shape index (κ1) is 23.5. The molecule has 1 fully saturated rings. The smallest absolute Gasteiger partial charge is 0.254 e. The van der Waals surface area contributed by atoms with E-state index in [0.717, 1.165) is 28.1 Å². The molecule has 1 N–H and O–H groups in total. The Morgan fingerprint density at radius 3 is 2.32 bits per heavy atom. The van der Waals surface area contributed by atoms with Crippen molar-refractivity contribution in [3.63, 3.8) is 0 Å². The van der Waals surface area contributed by atoms with Gasteiger partial charge in [-0.3, -0.25) is 14.5 Å². The second kappa shape index (κ2) is 11.0. The highest BCUT2D eigenvalue weighted by atomic mass is 16.5. The van der Waals surface area contributed by atoms with Crippen molar-refractivity contribution in [2.75, 3.05) is 38.0 Å². The number of para-hydroxylation sites is 1. The predicted octanol–water partition coefficient (Wildman–Crippen LogP) is 4.28. The van der Waals surface area contributed by atoms with Gasteiger partial charge in [0.05, 0.1) is 6.54 Å². The van der Waals surface area contributed by atoms with Crippen LogP contribution in [-0.2, 0) is 11.4 Å². The number of piperazine rings is 1. The maximum atomic E-state index is 13.2. The van der Waals surface area contributed by atoms with Crippen LogP contribution < -0.4 is 10.1 Å². The average Bonchev–Trinajstić information content (AvgIpc) is 2.86. The summed E-state index contributed by atoms with van der Waals surface area (Å²) in [6.07, 6.45) is 0. The van der Waals surface area contributed by atoms with E-state index in [2.05, 4.69) is 10.2 Å². The van der Waals surface area contributed by atoms with Gasteiger partial charge in [-0.05, 0) is 49.2 Å². The van der Waals surface area contributed by atoms with Gasteiger partial charge in [0.2, 0.25) is 5.91 Å². The predicted molar refractivity (Wildman–Crippen MR) is 134 cm³/mol. The zero-order valence-electron chi connectivity index (χ0n) is 19.8. The summed E-state index contributed by atoms with van der Waals surface area (Å²) >= 11 is 0. The quantitative estimate of drug-likeness (QED) is 0.575. The third-order valence-corrected chi connectivity index (χ3v) is 6.29. The van der Waals surface area contributed by atoms with Gasteiger partial charge in [-0.2, -0.15) is 0 Å². The Morgan fingerprint density at radius 2 is 1.56 bits per heavy atom. The molecule has 176 valence electrons. The molecule has 0 saturated carbocycles. The number of anilines is 1. The molecule has 1 heterocycles. The minimum atomic E-state index is -0.0307. The minimum Gasteiger partial charge on any atom is -0.489 e. The van der Waals surface area contributed by atoms with Crippen molar-refractivity contribution in [1.29, 1.82) is 0 Å². The first-order valence-electron chi connectivity index (χ1n) is 11.6. The monoisotopic (exact) mass is 457 g/mol. The lowest BCUT2D eigenvalue weighted by molar-refractivity contribution is -0.117. The van der Waals surface area contributed by atoms with Crippen molar-refractivity contribution >= 4 is 17.5 Å². The summed E-state index contributed by atoms with van der Waals surface area (Å²) in [6, 6.07) is 23.1. The fourth-order valence-corrected chi connectivity index (χ4v) is 4.09. The number of nitrogens with one attached hydrogen (secondary N) is 1. The molecule has 1 aliphatic heterocycles. The van der Waals surface area contributed by atoms with E-state index in [4.69, 9.17) is 4.74 Å². The van der Waals surface area contributed by atoms with Gasteiger partial charge in [0.15, 0.2) is 0 Å². The van der Waals surface area contributed by atoms with Crippen LogP contribution in [0.5, 0.6) is 5.75 Å². The van der Waals surface area contributed by atoms with Crippen LogP contribution in [0, 0.1) is 13.8 Å². The minimum absolute atomic E-state index is 0.00625. The van der Waals surface area contributed by atoms with Crippen LogP contribution in [0.4, 0.5) is 5.69 Å². The first-order valence-corrected chi connectivity index (χ1v) is 11.6. The van der Waals surface area contributed by atoms with Gasteiger partial charge in [-0.25, -0.2) is 0 Å². The molecule has 0 aromatic heterocycles. The van der Waals surface area contributed by atoms with Gasteiger partial charge in [0.25, 0.3) is 5.91 Å². The van der Waals surface area contributed by atoms with Gasteiger partial charge in [0, 0.05) is 43.0 Å². The summed E-state index contributed by atoms with van der Waals surface area (Å²) in [7, 11) is 0. The van der Waals surface area contributed by atoms with Crippen LogP contribution in [0.15, 0.2) is 72.8 Å². The Morgan fingerprint density at radius 1 is 0.853 bits per heavy atom. The van der Waals surface area contributed by atoms with E-state index in [1.54, 1.807) is 0 Å². The van der Waals surface area contributed by atoms with E-state index in [1.807, 2.05) is 91.5 Å². The maximum absolute atomic E-state index is 13.2. The Hall–Kier alpha value is -3.64. The highest BCUT2D eigenvalue weighted by Gasteiger charge is 2.25. The maximum Gasteiger partial charge on any atom is 0.254 e. The zero-order chi connectivity index (χ0) is 23.9. The van der Waals surface area contributed by atoms with Crippen molar-refractivity contribution < 1.29 is 14.3 Å². The fourth-order valence-electron chi connectivity index (χ4n) is 4.09. The number of amides is 2. The first-order chi connectivity index (χ1) is 16.5. The summed E-state index contributed by atoms with van der Waals surface area (Å²) < 4.78 is 5.87. The van der Waals surface area contributed by atoms with Crippen LogP contribution in [0.3, 0.4) is 0 Å². The number of carbonyl (C=O) groups is 2. The molecule has 0 unspecified atom stereocenters. The molecule has 0 aliphatic carbocycles. The summed E-state index contributed by atoms with van der Waals surface area (Å²) in [4.78, 5) is 29.8. The van der Waals surface area contributed by atoms with Crippen LogP contribution in [-0.4, -0.2) is 54.3 Å². The summed E-state index contributed by atoms with van der Waals surface area (Å²) in [5.41, 5.74) is 4.62. The van der Waals surface area contributed by atoms with Gasteiger partial charge in [-0.15, -0.1) is 0 Å². The number of rotatable bonds is 7. The number of nitrogens with zero attached hydrogens (tertiary/aromatic N) is 2. The lowest BCUT2D eigenvalue weighted by Crippen LogP contribution is -2.50.